The van der Waals surface area contributed by atoms with Crippen LogP contribution < -0.4 is 5.32 Å². The standard InChI is InChI=1S/C69H131NO5/c1-3-5-7-9-11-13-15-17-19-21-22-23-24-25-26-27-28-30-33-37-41-45-49-53-57-61-67(72)66(65-71)70-68(73)62-58-54-50-46-42-38-34-31-32-36-40-44-48-52-56-60-64-75-69(74)63-59-55-51-47-43-39-35-29-20-18-16-14-12-10-8-6-4-2/h12,14,18,20,57,61,66-67,71-72H,3-11,13,15-17,19,21-56,58-60,62-65H2,1-2H3,(H,70,73)/b14-12-,20-18-,61-57+. The lowest BCUT2D eigenvalue weighted by molar-refractivity contribution is -0.143. The van der Waals surface area contributed by atoms with Crippen LogP contribution in [0.15, 0.2) is 36.5 Å². The topological polar surface area (TPSA) is 95.9 Å². The van der Waals surface area contributed by atoms with Gasteiger partial charge in [-0.1, -0.05) is 326 Å². The monoisotopic (exact) mass is 1050 g/mol. The van der Waals surface area contributed by atoms with Gasteiger partial charge >= 0.3 is 5.97 Å². The van der Waals surface area contributed by atoms with Crippen molar-refractivity contribution in [2.24, 2.45) is 0 Å². The third kappa shape index (κ3) is 61.2. The predicted molar refractivity (Wildman–Crippen MR) is 329 cm³/mol. The van der Waals surface area contributed by atoms with Crippen LogP contribution in [0.1, 0.15) is 367 Å². The minimum absolute atomic E-state index is 0.00485. The molecule has 2 unspecified atom stereocenters. The largest absolute Gasteiger partial charge is 0.466 e. The van der Waals surface area contributed by atoms with Gasteiger partial charge in [0, 0.05) is 12.8 Å². The van der Waals surface area contributed by atoms with Crippen LogP contribution in [0.5, 0.6) is 0 Å². The Kier molecular flexibility index (Phi) is 63.0. The highest BCUT2D eigenvalue weighted by Crippen LogP contribution is 2.18. The number of hydrogen-bond acceptors (Lipinski definition) is 5. The van der Waals surface area contributed by atoms with Crippen molar-refractivity contribution in [3.8, 4) is 0 Å². The molecule has 6 nitrogen and oxygen atoms in total. The number of hydrogen-bond donors (Lipinski definition) is 3. The third-order valence-corrected chi connectivity index (χ3v) is 15.7. The summed E-state index contributed by atoms with van der Waals surface area (Å²) in [5, 5.41) is 23.3. The molecule has 0 radical (unpaired) electrons. The predicted octanol–water partition coefficient (Wildman–Crippen LogP) is 21.5. The van der Waals surface area contributed by atoms with Crippen LogP contribution >= 0.6 is 0 Å². The van der Waals surface area contributed by atoms with E-state index in [1.165, 1.54) is 289 Å². The molecule has 0 aromatic rings. The van der Waals surface area contributed by atoms with Crippen molar-refractivity contribution in [1.82, 2.24) is 5.32 Å². The molecular formula is C69H131NO5. The number of aliphatic hydroxyl groups is 2. The molecule has 0 aliphatic carbocycles. The number of allylic oxidation sites excluding steroid dienone is 5. The van der Waals surface area contributed by atoms with E-state index in [0.717, 1.165) is 51.4 Å². The number of esters is 1. The molecular weight excluding hydrogens is 923 g/mol. The molecule has 3 N–H and O–H groups in total. The second-order valence-corrected chi connectivity index (χ2v) is 23.2. The molecule has 442 valence electrons. The second kappa shape index (κ2) is 64.6. The van der Waals surface area contributed by atoms with Gasteiger partial charge in [0.15, 0.2) is 0 Å². The van der Waals surface area contributed by atoms with E-state index < -0.39 is 12.1 Å². The first kappa shape index (κ1) is 73.1. The Morgan fingerprint density at radius 2 is 0.667 bits per heavy atom. The molecule has 1 amide bonds. The summed E-state index contributed by atoms with van der Waals surface area (Å²) in [5.41, 5.74) is 0. The van der Waals surface area contributed by atoms with E-state index in [-0.39, 0.29) is 18.5 Å². The fourth-order valence-electron chi connectivity index (χ4n) is 10.5. The number of rotatable bonds is 63. The fraction of sp³-hybridized carbons (Fsp3) is 0.884. The van der Waals surface area contributed by atoms with Crippen LogP contribution in [0, 0.1) is 0 Å². The second-order valence-electron chi connectivity index (χ2n) is 23.2. The first-order valence-electron chi connectivity index (χ1n) is 33.8. The Hall–Kier alpha value is -1.92. The van der Waals surface area contributed by atoms with Crippen LogP contribution in [-0.4, -0.2) is 47.4 Å². The average molecular weight is 1050 g/mol. The summed E-state index contributed by atoms with van der Waals surface area (Å²) in [4.78, 5) is 24.6. The first-order valence-corrected chi connectivity index (χ1v) is 33.8. The quantitative estimate of drug-likeness (QED) is 0.0320. The van der Waals surface area contributed by atoms with Crippen LogP contribution in [0.4, 0.5) is 0 Å². The molecule has 0 saturated carbocycles. The number of nitrogens with one attached hydrogen (secondary N) is 1. The van der Waals surface area contributed by atoms with Gasteiger partial charge in [-0.25, -0.2) is 0 Å². The molecule has 0 aromatic carbocycles. The highest BCUT2D eigenvalue weighted by molar-refractivity contribution is 5.76. The van der Waals surface area contributed by atoms with E-state index in [4.69, 9.17) is 4.74 Å². The van der Waals surface area contributed by atoms with Crippen LogP contribution in [0.3, 0.4) is 0 Å². The number of carbonyl (C=O) groups excluding carboxylic acids is 2. The molecule has 0 heterocycles. The number of ether oxygens (including phenoxy) is 1. The zero-order valence-electron chi connectivity index (χ0n) is 50.5. The summed E-state index contributed by atoms with van der Waals surface area (Å²) in [5.74, 6) is -0.0762. The number of carbonyl (C=O) groups is 2. The maximum absolute atomic E-state index is 12.5. The van der Waals surface area contributed by atoms with E-state index >= 15 is 0 Å². The smallest absolute Gasteiger partial charge is 0.305 e. The zero-order chi connectivity index (χ0) is 54.3. The van der Waals surface area contributed by atoms with Crippen LogP contribution in [0.25, 0.3) is 0 Å². The van der Waals surface area contributed by atoms with Gasteiger partial charge in [-0.15, -0.1) is 0 Å². The molecule has 0 fully saturated rings. The molecule has 2 atom stereocenters. The van der Waals surface area contributed by atoms with Gasteiger partial charge in [-0.05, 0) is 64.2 Å². The Balaban J connectivity index is 3.45. The van der Waals surface area contributed by atoms with Gasteiger partial charge in [0.1, 0.15) is 0 Å². The Labute approximate surface area is 468 Å². The Bertz CT molecular complexity index is 1210. The van der Waals surface area contributed by atoms with Gasteiger partial charge < -0.3 is 20.3 Å². The molecule has 0 saturated heterocycles. The summed E-state index contributed by atoms with van der Waals surface area (Å²) in [6.07, 6.45) is 82.0. The van der Waals surface area contributed by atoms with Gasteiger partial charge in [0.25, 0.3) is 0 Å². The van der Waals surface area contributed by atoms with Crippen molar-refractivity contribution in [3.05, 3.63) is 36.5 Å². The SMILES string of the molecule is CCCCC/C=C\C/C=C\CCCCCCCCCC(=O)OCCCCCCCCCCCCCCCCCCC(=O)NC(CO)C(O)/C=C/CCCCCCCCCCCCCCCCCCCCCCCCC. The van der Waals surface area contributed by atoms with Gasteiger partial charge in [-0.2, -0.15) is 0 Å². The molecule has 0 rings (SSSR count). The van der Waals surface area contributed by atoms with E-state index in [1.807, 2.05) is 6.08 Å². The Morgan fingerprint density at radius 3 is 1.04 bits per heavy atom. The van der Waals surface area contributed by atoms with Crippen LogP contribution in [-0.2, 0) is 14.3 Å². The normalized spacial score (nSPS) is 12.7. The van der Waals surface area contributed by atoms with Crippen molar-refractivity contribution < 1.29 is 24.5 Å². The average Bonchev–Trinajstić information content (AvgIpc) is 3.41. The van der Waals surface area contributed by atoms with Crippen LogP contribution in [0.2, 0.25) is 0 Å². The number of aliphatic hydroxyl groups excluding tert-OH is 2. The molecule has 0 bridgehead atoms. The van der Waals surface area contributed by atoms with E-state index in [2.05, 4.69) is 43.5 Å². The molecule has 0 aromatic heterocycles. The number of unbranched alkanes of at least 4 members (excludes halogenated alkanes) is 48. The van der Waals surface area contributed by atoms with Crippen molar-refractivity contribution in [3.63, 3.8) is 0 Å². The first-order chi connectivity index (χ1) is 37.0. The van der Waals surface area contributed by atoms with Crippen molar-refractivity contribution in [1.29, 1.82) is 0 Å². The van der Waals surface area contributed by atoms with E-state index in [1.54, 1.807) is 6.08 Å². The van der Waals surface area contributed by atoms with Crippen molar-refractivity contribution in [2.45, 2.75) is 379 Å². The maximum Gasteiger partial charge on any atom is 0.305 e. The zero-order valence-corrected chi connectivity index (χ0v) is 50.5. The van der Waals surface area contributed by atoms with Gasteiger partial charge in [0.05, 0.1) is 25.4 Å². The van der Waals surface area contributed by atoms with Gasteiger partial charge in [-0.3, -0.25) is 9.59 Å². The molecule has 0 aliphatic rings. The number of amides is 1. The maximum atomic E-state index is 12.5. The fourth-order valence-corrected chi connectivity index (χ4v) is 10.5. The lowest BCUT2D eigenvalue weighted by Crippen LogP contribution is -2.45. The third-order valence-electron chi connectivity index (χ3n) is 15.7. The summed E-state index contributed by atoms with van der Waals surface area (Å²) >= 11 is 0. The minimum Gasteiger partial charge on any atom is -0.466 e. The summed E-state index contributed by atoms with van der Waals surface area (Å²) in [6, 6.07) is -0.635. The van der Waals surface area contributed by atoms with Crippen molar-refractivity contribution >= 4 is 11.9 Å². The van der Waals surface area contributed by atoms with E-state index in [0.29, 0.717) is 19.4 Å². The van der Waals surface area contributed by atoms with E-state index in [9.17, 15) is 19.8 Å². The van der Waals surface area contributed by atoms with Gasteiger partial charge in [0.2, 0.25) is 5.91 Å². The Morgan fingerprint density at radius 1 is 0.373 bits per heavy atom. The van der Waals surface area contributed by atoms with Crippen molar-refractivity contribution in [2.75, 3.05) is 13.2 Å². The highest BCUT2D eigenvalue weighted by Gasteiger charge is 2.18. The molecule has 6 heteroatoms. The minimum atomic E-state index is -0.851. The molecule has 75 heavy (non-hydrogen) atoms. The lowest BCUT2D eigenvalue weighted by atomic mass is 10.0. The summed E-state index contributed by atoms with van der Waals surface area (Å²) in [6.45, 7) is 4.89. The molecule has 0 aliphatic heterocycles. The molecule has 0 spiro atoms. The summed E-state index contributed by atoms with van der Waals surface area (Å²) in [7, 11) is 0. The highest BCUT2D eigenvalue weighted by atomic mass is 16.5. The summed E-state index contributed by atoms with van der Waals surface area (Å²) < 4.78 is 5.49. The lowest BCUT2D eigenvalue weighted by Gasteiger charge is -2.20.